The van der Waals surface area contributed by atoms with Gasteiger partial charge in [0.25, 0.3) is 5.91 Å². The number of carbonyl (C=O) groups excluding carboxylic acids is 2. The summed E-state index contributed by atoms with van der Waals surface area (Å²) < 4.78 is 4.63. The molecule has 0 radical (unpaired) electrons. The number of methoxy groups -OCH3 is 1. The number of hydrogen-bond donors (Lipinski definition) is 2. The first kappa shape index (κ1) is 13.1. The second kappa shape index (κ2) is 5.09. The summed E-state index contributed by atoms with van der Waals surface area (Å²) in [6.45, 7) is 0.379. The molecule has 0 aliphatic carbocycles. The summed E-state index contributed by atoms with van der Waals surface area (Å²) in [4.78, 5) is 42.1. The third-order valence-corrected chi connectivity index (χ3v) is 3.04. The van der Waals surface area contributed by atoms with Gasteiger partial charge >= 0.3 is 11.9 Å². The van der Waals surface area contributed by atoms with Crippen molar-refractivity contribution in [2.75, 3.05) is 13.7 Å². The number of rotatable bonds is 3. The summed E-state index contributed by atoms with van der Waals surface area (Å²) >= 11 is 0. The Morgan fingerprint density at radius 1 is 1.53 bits per heavy atom. The lowest BCUT2D eigenvalue weighted by Gasteiger charge is -2.21. The summed E-state index contributed by atoms with van der Waals surface area (Å²) in [6.07, 6.45) is 2.31. The van der Waals surface area contributed by atoms with E-state index in [1.54, 1.807) is 0 Å². The normalized spacial score (nSPS) is 18.4. The quantitative estimate of drug-likeness (QED) is 0.738. The minimum Gasteiger partial charge on any atom is -0.477 e. The number of nitrogens with one attached hydrogen (secondary N) is 1. The first-order valence-corrected chi connectivity index (χ1v) is 5.71. The van der Waals surface area contributed by atoms with Crippen molar-refractivity contribution in [3.63, 3.8) is 0 Å². The zero-order valence-electron chi connectivity index (χ0n) is 10.3. The first-order valence-electron chi connectivity index (χ1n) is 5.71. The third-order valence-electron chi connectivity index (χ3n) is 3.04. The number of ether oxygens (including phenoxy) is 1. The lowest BCUT2D eigenvalue weighted by atomic mass is 10.2. The van der Waals surface area contributed by atoms with Gasteiger partial charge in [-0.25, -0.2) is 14.6 Å². The number of amides is 1. The first-order chi connectivity index (χ1) is 9.06. The maximum absolute atomic E-state index is 12.2. The molecule has 8 heteroatoms. The molecule has 1 atom stereocenters. The largest absolute Gasteiger partial charge is 0.477 e. The summed E-state index contributed by atoms with van der Waals surface area (Å²) in [5.41, 5.74) is -0.469. The molecule has 2 heterocycles. The highest BCUT2D eigenvalue weighted by Gasteiger charge is 2.37. The Kier molecular flexibility index (Phi) is 3.50. The van der Waals surface area contributed by atoms with E-state index in [0.29, 0.717) is 19.4 Å². The number of H-pyrrole nitrogens is 1. The summed E-state index contributed by atoms with van der Waals surface area (Å²) in [5, 5.41) is 8.93. The van der Waals surface area contributed by atoms with Gasteiger partial charge in [0.1, 0.15) is 6.04 Å². The van der Waals surface area contributed by atoms with Crippen molar-refractivity contribution in [2.45, 2.75) is 18.9 Å². The smallest absolute Gasteiger partial charge is 0.354 e. The minimum atomic E-state index is -1.27. The minimum absolute atomic E-state index is 0.191. The molecule has 0 saturated carbocycles. The average Bonchev–Trinajstić information content (AvgIpc) is 3.05. The molecule has 1 amide bonds. The number of carboxylic acid groups (broad SMARTS) is 1. The van der Waals surface area contributed by atoms with Crippen LogP contribution in [0.1, 0.15) is 33.8 Å². The van der Waals surface area contributed by atoms with Crippen molar-refractivity contribution in [1.82, 2.24) is 14.9 Å². The van der Waals surface area contributed by atoms with Gasteiger partial charge in [-0.3, -0.25) is 4.79 Å². The van der Waals surface area contributed by atoms with Gasteiger partial charge in [0.15, 0.2) is 11.4 Å². The van der Waals surface area contributed by atoms with E-state index >= 15 is 0 Å². The van der Waals surface area contributed by atoms with Gasteiger partial charge < -0.3 is 19.7 Å². The number of aromatic nitrogens is 2. The molecule has 0 spiro atoms. The van der Waals surface area contributed by atoms with Crippen LogP contribution in [0.25, 0.3) is 0 Å². The van der Waals surface area contributed by atoms with E-state index in [9.17, 15) is 14.4 Å². The van der Waals surface area contributed by atoms with E-state index in [4.69, 9.17) is 5.11 Å². The van der Waals surface area contributed by atoms with Crippen LogP contribution in [0.2, 0.25) is 0 Å². The predicted molar refractivity (Wildman–Crippen MR) is 61.6 cm³/mol. The van der Waals surface area contributed by atoms with Crippen LogP contribution in [0.3, 0.4) is 0 Å². The van der Waals surface area contributed by atoms with Crippen LogP contribution in [0.4, 0.5) is 0 Å². The van der Waals surface area contributed by atoms with E-state index in [1.165, 1.54) is 12.0 Å². The second-order valence-electron chi connectivity index (χ2n) is 4.11. The molecule has 1 saturated heterocycles. The topological polar surface area (TPSA) is 113 Å². The molecule has 19 heavy (non-hydrogen) atoms. The molecule has 0 aromatic carbocycles. The number of carboxylic acids is 1. The van der Waals surface area contributed by atoms with Crippen molar-refractivity contribution in [1.29, 1.82) is 0 Å². The van der Waals surface area contributed by atoms with Gasteiger partial charge in [-0.1, -0.05) is 0 Å². The van der Waals surface area contributed by atoms with Gasteiger partial charge in [0.2, 0.25) is 0 Å². The Hall–Kier alpha value is -2.38. The summed E-state index contributed by atoms with van der Waals surface area (Å²) in [5.74, 6) is -2.35. The van der Waals surface area contributed by atoms with Crippen molar-refractivity contribution >= 4 is 17.8 Å². The molecular formula is C11H13N3O5. The van der Waals surface area contributed by atoms with Crippen molar-refractivity contribution in [2.24, 2.45) is 0 Å². The van der Waals surface area contributed by atoms with Gasteiger partial charge in [-0.05, 0) is 12.8 Å². The zero-order valence-corrected chi connectivity index (χ0v) is 10.3. The fourth-order valence-corrected chi connectivity index (χ4v) is 2.15. The van der Waals surface area contributed by atoms with Gasteiger partial charge in [-0.15, -0.1) is 0 Å². The lowest BCUT2D eigenvalue weighted by molar-refractivity contribution is -0.145. The number of aromatic amines is 1. The van der Waals surface area contributed by atoms with Crippen molar-refractivity contribution in [3.05, 3.63) is 17.7 Å². The molecule has 2 N–H and O–H groups in total. The Morgan fingerprint density at radius 2 is 2.26 bits per heavy atom. The Balaban J connectivity index is 2.26. The molecule has 1 aromatic heterocycles. The van der Waals surface area contributed by atoms with E-state index in [1.807, 2.05) is 0 Å². The number of imidazole rings is 1. The highest BCUT2D eigenvalue weighted by atomic mass is 16.5. The van der Waals surface area contributed by atoms with E-state index in [-0.39, 0.29) is 11.4 Å². The van der Waals surface area contributed by atoms with Crippen LogP contribution in [0, 0.1) is 0 Å². The van der Waals surface area contributed by atoms with E-state index in [0.717, 1.165) is 6.33 Å². The van der Waals surface area contributed by atoms with Crippen LogP contribution >= 0.6 is 0 Å². The second-order valence-corrected chi connectivity index (χ2v) is 4.11. The SMILES string of the molecule is COC(=O)C1CCCN1C(=O)c1nc[nH]c1C(=O)O. The molecule has 1 aliphatic rings. The number of likely N-dealkylation sites (tertiary alicyclic amines) is 1. The van der Waals surface area contributed by atoms with E-state index < -0.39 is 23.9 Å². The highest BCUT2D eigenvalue weighted by Crippen LogP contribution is 2.21. The van der Waals surface area contributed by atoms with Crippen LogP contribution in [-0.2, 0) is 9.53 Å². The standard InChI is InChI=1S/C11H13N3O5/c1-19-11(18)6-3-2-4-14(6)9(15)7-8(10(16)17)13-5-12-7/h5-6H,2-4H2,1H3,(H,12,13)(H,16,17). The number of nitrogens with zero attached hydrogens (tertiary/aromatic N) is 2. The summed E-state index contributed by atoms with van der Waals surface area (Å²) in [7, 11) is 1.25. The molecule has 2 rings (SSSR count). The Bertz CT molecular complexity index is 524. The number of aromatic carboxylic acids is 1. The molecule has 1 unspecified atom stereocenters. The number of esters is 1. The van der Waals surface area contributed by atoms with Gasteiger partial charge in [0, 0.05) is 6.54 Å². The van der Waals surface area contributed by atoms with Crippen molar-refractivity contribution < 1.29 is 24.2 Å². The maximum Gasteiger partial charge on any atom is 0.354 e. The zero-order chi connectivity index (χ0) is 14.0. The molecule has 1 aliphatic heterocycles. The third kappa shape index (κ3) is 2.28. The van der Waals surface area contributed by atoms with Gasteiger partial charge in [0.05, 0.1) is 13.4 Å². The van der Waals surface area contributed by atoms with Crippen molar-refractivity contribution in [3.8, 4) is 0 Å². The van der Waals surface area contributed by atoms with Crippen LogP contribution in [0.15, 0.2) is 6.33 Å². The van der Waals surface area contributed by atoms with Crippen LogP contribution in [0.5, 0.6) is 0 Å². The highest BCUT2D eigenvalue weighted by molar-refractivity contribution is 6.03. The molecule has 1 fully saturated rings. The number of hydrogen-bond acceptors (Lipinski definition) is 5. The fourth-order valence-electron chi connectivity index (χ4n) is 2.15. The monoisotopic (exact) mass is 267 g/mol. The van der Waals surface area contributed by atoms with Crippen LogP contribution in [-0.4, -0.2) is 57.5 Å². The lowest BCUT2D eigenvalue weighted by Crippen LogP contribution is -2.41. The molecule has 102 valence electrons. The fraction of sp³-hybridized carbons (Fsp3) is 0.455. The van der Waals surface area contributed by atoms with Gasteiger partial charge in [-0.2, -0.15) is 0 Å². The van der Waals surface area contributed by atoms with Crippen LogP contribution < -0.4 is 0 Å². The molecule has 0 bridgehead atoms. The maximum atomic E-state index is 12.2. The molecule has 8 nitrogen and oxygen atoms in total. The Morgan fingerprint density at radius 3 is 2.89 bits per heavy atom. The predicted octanol–water partition coefficient (Wildman–Crippen LogP) is -0.115. The average molecular weight is 267 g/mol. The number of carbonyl (C=O) groups is 3. The summed E-state index contributed by atoms with van der Waals surface area (Å²) in [6, 6.07) is -0.671. The van der Waals surface area contributed by atoms with E-state index in [2.05, 4.69) is 14.7 Å². The Labute approximate surface area is 108 Å². The molecule has 1 aromatic rings. The molecular weight excluding hydrogens is 254 g/mol.